The van der Waals surface area contributed by atoms with Crippen molar-refractivity contribution in [2.24, 2.45) is 0 Å². The maximum absolute atomic E-state index is 11.5. The van der Waals surface area contributed by atoms with Gasteiger partial charge in [0.05, 0.1) is 5.12 Å². The fourth-order valence-electron chi connectivity index (χ4n) is 2.43. The second kappa shape index (κ2) is 9.23. The van der Waals surface area contributed by atoms with Gasteiger partial charge in [-0.15, -0.1) is 0 Å². The minimum absolute atomic E-state index is 0. The van der Waals surface area contributed by atoms with Crippen LogP contribution in [-0.2, 0) is 25.9 Å². The molecule has 0 bridgehead atoms. The van der Waals surface area contributed by atoms with Crippen LogP contribution in [0.15, 0.2) is 89.8 Å². The Bertz CT molecular complexity index is 754. The molecule has 4 heteroatoms. The maximum atomic E-state index is 11.5. The predicted octanol–water partition coefficient (Wildman–Crippen LogP) is 3.90. The Morgan fingerprint density at radius 3 is 1.71 bits per heavy atom. The summed E-state index contributed by atoms with van der Waals surface area (Å²) in [6.45, 7) is 3.51. The largest absolute Gasteiger partial charge is 0.328 e. The quantitative estimate of drug-likeness (QED) is 0.296. The number of thioether (sulfide) groups is 1. The fourth-order valence-corrected chi connectivity index (χ4v) is 5.73. The fraction of sp³-hybridized carbons (Fsp3) is 0. The minimum atomic E-state index is -0.698. The molecule has 0 aromatic heterocycles. The number of hydrogen-bond donors (Lipinski definition) is 0. The SMILES string of the molecule is [CH2-]C(=O)Sc1ccccc1P(c1ccccc1)c1ccccc1.[W]. The Labute approximate surface area is 162 Å². The van der Waals surface area contributed by atoms with E-state index in [0.29, 0.717) is 0 Å². The monoisotopic (exact) mass is 519 g/mol. The summed E-state index contributed by atoms with van der Waals surface area (Å²) in [7, 11) is -0.698. The molecule has 0 unspecified atom stereocenters. The zero-order valence-electron chi connectivity index (χ0n) is 13.0. The minimum Gasteiger partial charge on any atom is -0.328 e. The molecule has 0 heterocycles. The van der Waals surface area contributed by atoms with Gasteiger partial charge >= 0.3 is 0 Å². The van der Waals surface area contributed by atoms with Gasteiger partial charge in [-0.05, 0) is 29.9 Å². The van der Waals surface area contributed by atoms with E-state index in [1.165, 1.54) is 27.7 Å². The Balaban J connectivity index is 0.00000208. The molecule has 24 heavy (non-hydrogen) atoms. The van der Waals surface area contributed by atoms with Gasteiger partial charge in [-0.25, -0.2) is 0 Å². The molecular weight excluding hydrogens is 503 g/mol. The Hall–Kier alpha value is -1.33. The molecule has 0 aliphatic carbocycles. The van der Waals surface area contributed by atoms with E-state index < -0.39 is 7.92 Å². The first-order valence-corrected chi connectivity index (χ1v) is 9.44. The van der Waals surface area contributed by atoms with Gasteiger partial charge < -0.3 is 11.7 Å². The van der Waals surface area contributed by atoms with Gasteiger partial charge in [0.25, 0.3) is 0 Å². The van der Waals surface area contributed by atoms with Crippen LogP contribution in [0.3, 0.4) is 0 Å². The average Bonchev–Trinajstić information content (AvgIpc) is 2.58. The zero-order valence-corrected chi connectivity index (χ0v) is 17.6. The molecule has 3 aromatic carbocycles. The molecule has 0 aliphatic heterocycles. The molecule has 0 saturated carbocycles. The van der Waals surface area contributed by atoms with Gasteiger partial charge in [0.15, 0.2) is 0 Å². The normalized spacial score (nSPS) is 10.2. The first-order valence-electron chi connectivity index (χ1n) is 7.29. The number of carbonyl (C=O) groups excluding carboxylic acids is 1. The summed E-state index contributed by atoms with van der Waals surface area (Å²) >= 11 is 1.21. The smallest absolute Gasteiger partial charge is 0.0567 e. The van der Waals surface area contributed by atoms with E-state index in [9.17, 15) is 4.79 Å². The first-order chi connectivity index (χ1) is 11.3. The third kappa shape index (κ3) is 4.60. The third-order valence-corrected chi connectivity index (χ3v) is 6.81. The molecular formula is C20H16OPSW-. The van der Waals surface area contributed by atoms with E-state index in [4.69, 9.17) is 0 Å². The first kappa shape index (κ1) is 19.0. The van der Waals surface area contributed by atoms with Crippen LogP contribution in [0, 0.1) is 6.92 Å². The van der Waals surface area contributed by atoms with Crippen molar-refractivity contribution < 1.29 is 25.9 Å². The van der Waals surface area contributed by atoms with Crippen LogP contribution in [0.1, 0.15) is 0 Å². The van der Waals surface area contributed by atoms with E-state index in [1.54, 1.807) is 0 Å². The van der Waals surface area contributed by atoms with E-state index in [0.717, 1.165) is 4.90 Å². The molecule has 3 aromatic rings. The van der Waals surface area contributed by atoms with Crippen LogP contribution >= 0.6 is 19.7 Å². The standard InChI is InChI=1S/C20H16OPS.W/c1-16(21)23-20-15-9-8-14-19(20)22(17-10-4-2-5-11-17)18-12-6-3-7-13-18;/h2-15H,1H2;/q-1;. The van der Waals surface area contributed by atoms with Crippen molar-refractivity contribution in [3.63, 3.8) is 0 Å². The topological polar surface area (TPSA) is 17.1 Å². The van der Waals surface area contributed by atoms with Crippen LogP contribution in [0.4, 0.5) is 0 Å². The van der Waals surface area contributed by atoms with Gasteiger partial charge in [0, 0.05) is 26.0 Å². The molecule has 0 spiro atoms. The molecule has 120 valence electrons. The second-order valence-electron chi connectivity index (χ2n) is 4.95. The molecule has 0 atom stereocenters. The number of benzene rings is 3. The number of hydrogen-bond acceptors (Lipinski definition) is 2. The molecule has 0 N–H and O–H groups in total. The molecule has 0 amide bonds. The zero-order chi connectivity index (χ0) is 16.1. The van der Waals surface area contributed by atoms with Crippen molar-refractivity contribution in [1.29, 1.82) is 0 Å². The molecule has 0 radical (unpaired) electrons. The van der Waals surface area contributed by atoms with E-state index >= 15 is 0 Å². The molecule has 1 nitrogen and oxygen atoms in total. The van der Waals surface area contributed by atoms with E-state index in [2.05, 4.69) is 61.5 Å². The average molecular weight is 519 g/mol. The van der Waals surface area contributed by atoms with Gasteiger partial charge in [-0.3, -0.25) is 0 Å². The van der Waals surface area contributed by atoms with Crippen molar-refractivity contribution in [2.45, 2.75) is 4.90 Å². The molecule has 0 fully saturated rings. The number of carbonyl (C=O) groups is 1. The molecule has 3 rings (SSSR count). The summed E-state index contributed by atoms with van der Waals surface area (Å²) in [5.74, 6) is 0. The van der Waals surface area contributed by atoms with Crippen LogP contribution in [0.2, 0.25) is 0 Å². The van der Waals surface area contributed by atoms with Crippen molar-refractivity contribution in [3.8, 4) is 0 Å². The van der Waals surface area contributed by atoms with Crippen LogP contribution in [0.25, 0.3) is 0 Å². The third-order valence-electron chi connectivity index (χ3n) is 3.36. The van der Waals surface area contributed by atoms with Crippen molar-refractivity contribution in [1.82, 2.24) is 0 Å². The maximum Gasteiger partial charge on any atom is 0.0567 e. The predicted molar refractivity (Wildman–Crippen MR) is 101 cm³/mol. The van der Waals surface area contributed by atoms with Crippen LogP contribution in [0.5, 0.6) is 0 Å². The summed E-state index contributed by atoms with van der Waals surface area (Å²) in [6, 6.07) is 29.1. The van der Waals surface area contributed by atoms with E-state index in [-0.39, 0.29) is 26.2 Å². The van der Waals surface area contributed by atoms with Crippen molar-refractivity contribution >= 4 is 40.7 Å². The van der Waals surface area contributed by atoms with E-state index in [1.807, 2.05) is 30.3 Å². The Kier molecular flexibility index (Phi) is 7.31. The van der Waals surface area contributed by atoms with Gasteiger partial charge in [0.1, 0.15) is 0 Å². The van der Waals surface area contributed by atoms with Gasteiger partial charge in [-0.2, -0.15) is 0 Å². The Morgan fingerprint density at radius 1 is 0.750 bits per heavy atom. The summed E-state index contributed by atoms with van der Waals surface area (Å²) in [6.07, 6.45) is 0. The second-order valence-corrected chi connectivity index (χ2v) is 8.23. The van der Waals surface area contributed by atoms with Crippen LogP contribution < -0.4 is 15.9 Å². The Morgan fingerprint density at radius 2 is 1.21 bits per heavy atom. The summed E-state index contributed by atoms with van der Waals surface area (Å²) < 4.78 is 0. The molecule has 0 saturated heterocycles. The molecule has 0 aliphatic rings. The van der Waals surface area contributed by atoms with Crippen molar-refractivity contribution in [2.75, 3.05) is 0 Å². The van der Waals surface area contributed by atoms with Crippen molar-refractivity contribution in [3.05, 3.63) is 91.9 Å². The van der Waals surface area contributed by atoms with Gasteiger partial charge in [0.2, 0.25) is 0 Å². The van der Waals surface area contributed by atoms with Crippen LogP contribution in [-0.4, -0.2) is 5.12 Å². The summed E-state index contributed by atoms with van der Waals surface area (Å²) in [4.78, 5) is 12.5. The summed E-state index contributed by atoms with van der Waals surface area (Å²) in [5.41, 5.74) is 0. The summed E-state index contributed by atoms with van der Waals surface area (Å²) in [5, 5.41) is 3.62. The number of rotatable bonds is 4. The van der Waals surface area contributed by atoms with Gasteiger partial charge in [-0.1, -0.05) is 90.6 Å².